The zero-order valence-electron chi connectivity index (χ0n) is 10.4. The minimum Gasteiger partial charge on any atom is -0.496 e. The molecule has 0 saturated carbocycles. The Hall–Kier alpha value is -0.670. The average Bonchev–Trinajstić information content (AvgIpc) is 2.34. The Labute approximate surface area is 103 Å². The van der Waals surface area contributed by atoms with Gasteiger partial charge in [0.05, 0.1) is 7.11 Å². The first-order valence-corrected chi connectivity index (χ1v) is 6.96. The molecular weight excluding hydrogens is 218 g/mol. The minimum atomic E-state index is 0.922. The fraction of sp³-hybridized carbons (Fsp3) is 0.538. The molecule has 0 saturated heterocycles. The maximum atomic E-state index is 5.36. The highest BCUT2D eigenvalue weighted by Gasteiger charge is 2.02. The summed E-state index contributed by atoms with van der Waals surface area (Å²) in [6.45, 7) is 4.21. The van der Waals surface area contributed by atoms with Crippen molar-refractivity contribution < 1.29 is 4.74 Å². The number of thioether (sulfide) groups is 1. The van der Waals surface area contributed by atoms with Crippen molar-refractivity contribution in [1.82, 2.24) is 5.32 Å². The highest BCUT2D eigenvalue weighted by molar-refractivity contribution is 7.98. The van der Waals surface area contributed by atoms with Crippen molar-refractivity contribution in [3.05, 3.63) is 23.8 Å². The molecule has 0 amide bonds. The van der Waals surface area contributed by atoms with Crippen LogP contribution in [-0.2, 0) is 6.54 Å². The van der Waals surface area contributed by atoms with Gasteiger partial charge in [0.15, 0.2) is 0 Å². The number of methoxy groups -OCH3 is 1. The van der Waals surface area contributed by atoms with Gasteiger partial charge in [-0.25, -0.2) is 0 Å². The molecule has 0 fully saturated rings. The third-order valence-corrected chi connectivity index (χ3v) is 3.26. The van der Waals surface area contributed by atoms with E-state index in [-0.39, 0.29) is 0 Å². The lowest BCUT2D eigenvalue weighted by molar-refractivity contribution is 0.404. The predicted octanol–water partition coefficient (Wildman–Crippen LogP) is 3.31. The third-order valence-electron chi connectivity index (χ3n) is 2.48. The van der Waals surface area contributed by atoms with E-state index in [9.17, 15) is 0 Å². The van der Waals surface area contributed by atoms with Crippen molar-refractivity contribution in [3.63, 3.8) is 0 Å². The van der Waals surface area contributed by atoms with E-state index in [0.717, 1.165) is 18.8 Å². The zero-order valence-corrected chi connectivity index (χ0v) is 11.2. The largest absolute Gasteiger partial charge is 0.496 e. The topological polar surface area (TPSA) is 21.3 Å². The molecule has 0 aliphatic rings. The summed E-state index contributed by atoms with van der Waals surface area (Å²) >= 11 is 1.72. The van der Waals surface area contributed by atoms with E-state index in [1.54, 1.807) is 18.9 Å². The smallest absolute Gasteiger partial charge is 0.132 e. The molecule has 1 rings (SSSR count). The Morgan fingerprint density at radius 2 is 2.19 bits per heavy atom. The van der Waals surface area contributed by atoms with Crippen molar-refractivity contribution in [2.45, 2.75) is 31.2 Å². The monoisotopic (exact) mass is 239 g/mol. The number of unbranched alkanes of at least 4 members (excludes halogenated alkanes) is 1. The van der Waals surface area contributed by atoms with Gasteiger partial charge in [-0.2, -0.15) is 0 Å². The number of rotatable bonds is 7. The first-order valence-electron chi connectivity index (χ1n) is 5.73. The highest BCUT2D eigenvalue weighted by Crippen LogP contribution is 2.28. The molecule has 0 atom stereocenters. The van der Waals surface area contributed by atoms with Crippen molar-refractivity contribution >= 4 is 11.8 Å². The first kappa shape index (κ1) is 13.4. The van der Waals surface area contributed by atoms with Gasteiger partial charge in [-0.1, -0.05) is 19.4 Å². The van der Waals surface area contributed by atoms with Crippen LogP contribution >= 0.6 is 11.8 Å². The van der Waals surface area contributed by atoms with Crippen molar-refractivity contribution in [2.75, 3.05) is 19.9 Å². The van der Waals surface area contributed by atoms with Gasteiger partial charge in [0.2, 0.25) is 0 Å². The Balaban J connectivity index is 2.54. The predicted molar refractivity (Wildman–Crippen MR) is 71.4 cm³/mol. The zero-order chi connectivity index (χ0) is 11.8. The quantitative estimate of drug-likeness (QED) is 0.582. The van der Waals surface area contributed by atoms with E-state index in [1.807, 2.05) is 0 Å². The van der Waals surface area contributed by atoms with Crippen LogP contribution in [0.5, 0.6) is 5.75 Å². The molecule has 0 spiro atoms. The van der Waals surface area contributed by atoms with E-state index in [2.05, 4.69) is 36.7 Å². The molecule has 3 heteroatoms. The summed E-state index contributed by atoms with van der Waals surface area (Å²) in [7, 11) is 1.73. The highest BCUT2D eigenvalue weighted by atomic mass is 32.2. The molecule has 0 aliphatic carbocycles. The number of hydrogen-bond acceptors (Lipinski definition) is 3. The van der Waals surface area contributed by atoms with Crippen molar-refractivity contribution in [1.29, 1.82) is 0 Å². The number of benzene rings is 1. The first-order chi connectivity index (χ1) is 7.81. The van der Waals surface area contributed by atoms with E-state index < -0.39 is 0 Å². The van der Waals surface area contributed by atoms with Crippen LogP contribution in [0.15, 0.2) is 23.1 Å². The molecule has 2 nitrogen and oxygen atoms in total. The lowest BCUT2D eigenvalue weighted by Gasteiger charge is -2.09. The van der Waals surface area contributed by atoms with Crippen LogP contribution in [0.2, 0.25) is 0 Å². The Kier molecular flexibility index (Phi) is 6.34. The molecule has 1 aromatic rings. The summed E-state index contributed by atoms with van der Waals surface area (Å²) in [5.74, 6) is 0.974. The molecule has 16 heavy (non-hydrogen) atoms. The summed E-state index contributed by atoms with van der Waals surface area (Å²) < 4.78 is 5.36. The number of hydrogen-bond donors (Lipinski definition) is 1. The molecule has 0 aliphatic heterocycles. The summed E-state index contributed by atoms with van der Waals surface area (Å²) in [5, 5.41) is 3.43. The third kappa shape index (κ3) is 4.06. The van der Waals surface area contributed by atoms with Gasteiger partial charge in [0, 0.05) is 11.4 Å². The van der Waals surface area contributed by atoms with Crippen LogP contribution in [0.25, 0.3) is 0 Å². The van der Waals surface area contributed by atoms with Gasteiger partial charge in [0.1, 0.15) is 5.75 Å². The SMILES string of the molecule is CCCCNCc1ccc(SC)c(OC)c1. The second kappa shape index (κ2) is 7.58. The van der Waals surface area contributed by atoms with Crippen LogP contribution in [-0.4, -0.2) is 19.9 Å². The van der Waals surface area contributed by atoms with Crippen LogP contribution in [0.4, 0.5) is 0 Å². The van der Waals surface area contributed by atoms with Gasteiger partial charge >= 0.3 is 0 Å². The van der Waals surface area contributed by atoms with E-state index in [4.69, 9.17) is 4.74 Å². The van der Waals surface area contributed by atoms with E-state index >= 15 is 0 Å². The van der Waals surface area contributed by atoms with Crippen LogP contribution in [0.3, 0.4) is 0 Å². The summed E-state index contributed by atoms with van der Waals surface area (Å²) in [4.78, 5) is 1.19. The molecule has 1 N–H and O–H groups in total. The minimum absolute atomic E-state index is 0.922. The summed E-state index contributed by atoms with van der Waals surface area (Å²) in [6, 6.07) is 6.40. The van der Waals surface area contributed by atoms with Gasteiger partial charge in [-0.3, -0.25) is 0 Å². The van der Waals surface area contributed by atoms with Crippen molar-refractivity contribution in [2.24, 2.45) is 0 Å². The molecule has 0 bridgehead atoms. The maximum Gasteiger partial charge on any atom is 0.132 e. The number of nitrogens with one attached hydrogen (secondary N) is 1. The second-order valence-electron chi connectivity index (χ2n) is 3.72. The number of ether oxygens (including phenoxy) is 1. The Morgan fingerprint density at radius 3 is 2.81 bits per heavy atom. The van der Waals surface area contributed by atoms with Gasteiger partial charge in [-0.15, -0.1) is 11.8 Å². The van der Waals surface area contributed by atoms with E-state index in [0.29, 0.717) is 0 Å². The molecular formula is C13H21NOS. The van der Waals surface area contributed by atoms with Crippen molar-refractivity contribution in [3.8, 4) is 5.75 Å². The second-order valence-corrected chi connectivity index (χ2v) is 4.57. The molecule has 1 aromatic carbocycles. The molecule has 0 aromatic heterocycles. The van der Waals surface area contributed by atoms with Gasteiger partial charge < -0.3 is 10.1 Å². The molecule has 0 heterocycles. The lowest BCUT2D eigenvalue weighted by atomic mass is 10.2. The van der Waals surface area contributed by atoms with Gasteiger partial charge in [0.25, 0.3) is 0 Å². The average molecular weight is 239 g/mol. The Morgan fingerprint density at radius 1 is 1.38 bits per heavy atom. The molecule has 0 unspecified atom stereocenters. The van der Waals surface area contributed by atoms with Crippen LogP contribution in [0, 0.1) is 0 Å². The fourth-order valence-corrected chi connectivity index (χ4v) is 2.07. The van der Waals surface area contributed by atoms with E-state index in [1.165, 1.54) is 23.3 Å². The standard InChI is InChI=1S/C13H21NOS/c1-4-5-8-14-10-11-6-7-13(16-3)12(9-11)15-2/h6-7,9,14H,4-5,8,10H2,1-3H3. The summed E-state index contributed by atoms with van der Waals surface area (Å²) in [6.07, 6.45) is 4.54. The maximum absolute atomic E-state index is 5.36. The lowest BCUT2D eigenvalue weighted by Crippen LogP contribution is -2.14. The summed E-state index contributed by atoms with van der Waals surface area (Å²) in [5.41, 5.74) is 1.28. The van der Waals surface area contributed by atoms with Gasteiger partial charge in [-0.05, 0) is 36.9 Å². The molecule has 90 valence electrons. The normalized spacial score (nSPS) is 10.4. The van der Waals surface area contributed by atoms with Crippen LogP contribution in [0.1, 0.15) is 25.3 Å². The van der Waals surface area contributed by atoms with Crippen LogP contribution < -0.4 is 10.1 Å². The molecule has 0 radical (unpaired) electrons. The fourth-order valence-electron chi connectivity index (χ4n) is 1.53. The Bertz CT molecular complexity index is 315.